The molecule has 1 aromatic carbocycles. The van der Waals surface area contributed by atoms with Gasteiger partial charge in [-0.05, 0) is 37.8 Å². The first-order valence-electron chi connectivity index (χ1n) is 7.26. The smallest absolute Gasteiger partial charge is 0.253 e. The van der Waals surface area contributed by atoms with Crippen LogP contribution in [0.4, 0.5) is 5.13 Å². The molecule has 0 amide bonds. The molecule has 8 heteroatoms. The van der Waals surface area contributed by atoms with Gasteiger partial charge in [0.05, 0.1) is 4.90 Å². The lowest BCUT2D eigenvalue weighted by molar-refractivity contribution is 0.600. The highest BCUT2D eigenvalue weighted by Gasteiger charge is 2.21. The highest BCUT2D eigenvalue weighted by atomic mass is 32.2. The molecule has 0 aliphatic heterocycles. The minimum absolute atomic E-state index is 0.302. The molecule has 1 heterocycles. The standard InChI is InChI=1S/C15H21N3O2S3/c1-9(2)8-21-15-17-16-14(22-15)18-23(19,20)13-11(4)6-10(3)7-12(13)5/h6-7,9H,8H2,1-5H3,(H,16,18). The lowest BCUT2D eigenvalue weighted by atomic mass is 10.1. The average Bonchev–Trinajstić information content (AvgIpc) is 2.81. The van der Waals surface area contributed by atoms with Gasteiger partial charge in [0.25, 0.3) is 10.0 Å². The van der Waals surface area contributed by atoms with Crippen molar-refractivity contribution in [2.24, 2.45) is 5.92 Å². The fourth-order valence-electron chi connectivity index (χ4n) is 2.30. The number of aromatic nitrogens is 2. The molecule has 0 atom stereocenters. The van der Waals surface area contributed by atoms with E-state index in [0.29, 0.717) is 15.9 Å². The molecule has 2 aromatic rings. The number of nitrogens with zero attached hydrogens (tertiary/aromatic N) is 2. The molecule has 1 aromatic heterocycles. The molecule has 1 N–H and O–H groups in total. The van der Waals surface area contributed by atoms with Crippen LogP contribution in [0.1, 0.15) is 30.5 Å². The molecule has 0 aliphatic carbocycles. The second kappa shape index (κ2) is 7.19. The van der Waals surface area contributed by atoms with E-state index in [-0.39, 0.29) is 0 Å². The first kappa shape index (κ1) is 18.2. The van der Waals surface area contributed by atoms with Gasteiger partial charge in [0.1, 0.15) is 0 Å². The van der Waals surface area contributed by atoms with E-state index in [2.05, 4.69) is 28.8 Å². The molecule has 2 rings (SSSR count). The zero-order valence-corrected chi connectivity index (χ0v) is 16.3. The molecular weight excluding hydrogens is 350 g/mol. The van der Waals surface area contributed by atoms with Gasteiger partial charge in [-0.2, -0.15) is 0 Å². The molecule has 23 heavy (non-hydrogen) atoms. The van der Waals surface area contributed by atoms with Crippen molar-refractivity contribution in [1.82, 2.24) is 10.2 Å². The number of nitrogens with one attached hydrogen (secondary N) is 1. The van der Waals surface area contributed by atoms with Gasteiger partial charge < -0.3 is 0 Å². The number of thioether (sulfide) groups is 1. The van der Waals surface area contributed by atoms with Gasteiger partial charge in [-0.15, -0.1) is 10.2 Å². The summed E-state index contributed by atoms with van der Waals surface area (Å²) < 4.78 is 28.6. The molecule has 0 unspecified atom stereocenters. The fraction of sp³-hybridized carbons (Fsp3) is 0.467. The Morgan fingerprint density at radius 3 is 2.35 bits per heavy atom. The van der Waals surface area contributed by atoms with Crippen LogP contribution in [0, 0.1) is 26.7 Å². The van der Waals surface area contributed by atoms with Crippen molar-refractivity contribution >= 4 is 38.3 Å². The largest absolute Gasteiger partial charge is 0.264 e. The summed E-state index contributed by atoms with van der Waals surface area (Å²) in [7, 11) is -3.66. The number of aryl methyl sites for hydroxylation is 3. The second-order valence-corrected chi connectivity index (χ2v) is 9.78. The van der Waals surface area contributed by atoms with Crippen molar-refractivity contribution in [2.45, 2.75) is 43.9 Å². The van der Waals surface area contributed by atoms with E-state index in [1.165, 1.54) is 11.3 Å². The first-order valence-corrected chi connectivity index (χ1v) is 10.5. The highest BCUT2D eigenvalue weighted by molar-refractivity contribution is 8.01. The van der Waals surface area contributed by atoms with Crippen LogP contribution in [-0.4, -0.2) is 24.4 Å². The summed E-state index contributed by atoms with van der Waals surface area (Å²) >= 11 is 2.85. The highest BCUT2D eigenvalue weighted by Crippen LogP contribution is 2.29. The Hall–Kier alpha value is -1.12. The fourth-order valence-corrected chi connectivity index (χ4v) is 5.72. The minimum atomic E-state index is -3.66. The molecule has 126 valence electrons. The molecule has 0 spiro atoms. The third-order valence-electron chi connectivity index (χ3n) is 3.04. The Morgan fingerprint density at radius 2 is 1.78 bits per heavy atom. The van der Waals surface area contributed by atoms with Gasteiger partial charge >= 0.3 is 0 Å². The van der Waals surface area contributed by atoms with Crippen molar-refractivity contribution in [3.05, 3.63) is 28.8 Å². The van der Waals surface area contributed by atoms with Crippen molar-refractivity contribution in [2.75, 3.05) is 10.5 Å². The Kier molecular flexibility index (Phi) is 5.70. The van der Waals surface area contributed by atoms with Gasteiger partial charge in [0.15, 0.2) is 4.34 Å². The van der Waals surface area contributed by atoms with Gasteiger partial charge in [0, 0.05) is 5.75 Å². The van der Waals surface area contributed by atoms with E-state index in [4.69, 9.17) is 0 Å². The SMILES string of the molecule is Cc1cc(C)c(S(=O)(=O)Nc2nnc(SCC(C)C)s2)c(C)c1. The molecule has 0 radical (unpaired) electrons. The van der Waals surface area contributed by atoms with Crippen LogP contribution in [0.25, 0.3) is 0 Å². The second-order valence-electron chi connectivity index (χ2n) is 5.91. The normalized spacial score (nSPS) is 11.9. The van der Waals surface area contributed by atoms with Gasteiger partial charge in [0.2, 0.25) is 5.13 Å². The van der Waals surface area contributed by atoms with E-state index < -0.39 is 10.0 Å². The number of anilines is 1. The molecule has 0 aliphatic rings. The predicted molar refractivity (Wildman–Crippen MR) is 96.9 cm³/mol. The van der Waals surface area contributed by atoms with Crippen LogP contribution in [-0.2, 0) is 10.0 Å². The molecule has 0 bridgehead atoms. The molecule has 0 saturated carbocycles. The summed E-state index contributed by atoms with van der Waals surface area (Å²) in [6, 6.07) is 3.73. The van der Waals surface area contributed by atoms with E-state index >= 15 is 0 Å². The Labute approximate surface area is 146 Å². The summed E-state index contributed by atoms with van der Waals surface area (Å²) in [5, 5.41) is 8.27. The first-order chi connectivity index (χ1) is 10.7. The van der Waals surface area contributed by atoms with Crippen molar-refractivity contribution in [3.8, 4) is 0 Å². The number of sulfonamides is 1. The van der Waals surface area contributed by atoms with Crippen LogP contribution in [0.3, 0.4) is 0 Å². The summed E-state index contributed by atoms with van der Waals surface area (Å²) in [4.78, 5) is 0.315. The van der Waals surface area contributed by atoms with Crippen LogP contribution in [0.15, 0.2) is 21.4 Å². The monoisotopic (exact) mass is 371 g/mol. The van der Waals surface area contributed by atoms with Gasteiger partial charge in [-0.1, -0.05) is 54.6 Å². The zero-order chi connectivity index (χ0) is 17.2. The van der Waals surface area contributed by atoms with Crippen molar-refractivity contribution in [1.29, 1.82) is 0 Å². The van der Waals surface area contributed by atoms with Crippen LogP contribution in [0.5, 0.6) is 0 Å². The summed E-state index contributed by atoms with van der Waals surface area (Å²) in [6.07, 6.45) is 0. The molecule has 5 nitrogen and oxygen atoms in total. The van der Waals surface area contributed by atoms with E-state index in [1.54, 1.807) is 25.6 Å². The van der Waals surface area contributed by atoms with E-state index in [9.17, 15) is 8.42 Å². The van der Waals surface area contributed by atoms with Crippen LogP contribution >= 0.6 is 23.1 Å². The maximum Gasteiger partial charge on any atom is 0.264 e. The lowest BCUT2D eigenvalue weighted by Crippen LogP contribution is -2.15. The average molecular weight is 372 g/mol. The van der Waals surface area contributed by atoms with Gasteiger partial charge in [-0.25, -0.2) is 8.42 Å². The topological polar surface area (TPSA) is 72.0 Å². The van der Waals surface area contributed by atoms with Gasteiger partial charge in [-0.3, -0.25) is 4.72 Å². The molecular formula is C15H21N3O2S3. The Bertz CT molecular complexity index is 775. The predicted octanol–water partition coefficient (Wildman–Crippen LogP) is 4.01. The Morgan fingerprint density at radius 1 is 1.17 bits per heavy atom. The molecule has 0 fully saturated rings. The summed E-state index contributed by atoms with van der Waals surface area (Å²) in [5.74, 6) is 1.47. The number of benzene rings is 1. The third-order valence-corrected chi connectivity index (χ3v) is 7.21. The lowest BCUT2D eigenvalue weighted by Gasteiger charge is -2.12. The number of hydrogen-bond donors (Lipinski definition) is 1. The van der Waals surface area contributed by atoms with Crippen LogP contribution in [0.2, 0.25) is 0 Å². The van der Waals surface area contributed by atoms with E-state index in [0.717, 1.165) is 26.8 Å². The van der Waals surface area contributed by atoms with Crippen molar-refractivity contribution in [3.63, 3.8) is 0 Å². The molecule has 0 saturated heterocycles. The van der Waals surface area contributed by atoms with Crippen LogP contribution < -0.4 is 4.72 Å². The van der Waals surface area contributed by atoms with Crippen molar-refractivity contribution < 1.29 is 8.42 Å². The Balaban J connectivity index is 2.22. The number of hydrogen-bond acceptors (Lipinski definition) is 6. The van der Waals surface area contributed by atoms with E-state index in [1.807, 2.05) is 19.1 Å². The minimum Gasteiger partial charge on any atom is -0.253 e. The zero-order valence-electron chi connectivity index (χ0n) is 13.9. The number of rotatable bonds is 6. The quantitative estimate of drug-likeness (QED) is 0.777. The summed E-state index contributed by atoms with van der Waals surface area (Å²) in [6.45, 7) is 9.81. The maximum absolute atomic E-state index is 12.7. The third kappa shape index (κ3) is 4.68. The maximum atomic E-state index is 12.7. The summed E-state index contributed by atoms with van der Waals surface area (Å²) in [5.41, 5.74) is 2.50.